The number of nitrogens with zero attached hydrogens (tertiary/aromatic N) is 2. The lowest BCUT2D eigenvalue weighted by Gasteiger charge is -2.41. The number of carbonyl (C=O) groups excluding carboxylic acids is 6. The first-order chi connectivity index (χ1) is 24.4. The third kappa shape index (κ3) is 10.5. The van der Waals surface area contributed by atoms with Crippen molar-refractivity contribution >= 4 is 35.4 Å². The summed E-state index contributed by atoms with van der Waals surface area (Å²) in [6.07, 6.45) is 10.3. The standard InChI is InChI=1S/C40H68N6O6/c1-9-21-41-35(50)33(48)27-18-16-14-12-10-11-13-15-17-19-28(36(51)46-24-26-31(40(26,7)8)32(46)34(49)42-27)43-37(52)44-29(38(2,3)4)25-45-22-20-39(5,6)23-30(45)47/h26-29,31-32H,9-25H2,1-8H3,(H,41,50)(H,42,49)(H2,43,44,52)/t26-,27-,28-,29+,31-,32-/m0/s1. The lowest BCUT2D eigenvalue weighted by molar-refractivity contribution is -0.144. The molecule has 1 aliphatic carbocycles. The predicted molar refractivity (Wildman–Crippen MR) is 201 cm³/mol. The third-order valence-corrected chi connectivity index (χ3v) is 12.3. The van der Waals surface area contributed by atoms with E-state index in [4.69, 9.17) is 0 Å². The molecule has 12 heteroatoms. The maximum absolute atomic E-state index is 14.5. The minimum absolute atomic E-state index is 0.0424. The Morgan fingerprint density at radius 2 is 1.54 bits per heavy atom. The van der Waals surface area contributed by atoms with Gasteiger partial charge in [0, 0.05) is 32.6 Å². The Labute approximate surface area is 312 Å². The van der Waals surface area contributed by atoms with Gasteiger partial charge in [0.2, 0.25) is 23.5 Å². The largest absolute Gasteiger partial charge is 0.349 e. The number of ketones is 1. The van der Waals surface area contributed by atoms with Crippen LogP contribution in [0.3, 0.4) is 0 Å². The van der Waals surface area contributed by atoms with Crippen LogP contribution >= 0.6 is 0 Å². The molecule has 4 rings (SSSR count). The molecule has 52 heavy (non-hydrogen) atoms. The highest BCUT2D eigenvalue weighted by Gasteiger charge is 2.69. The second-order valence-corrected chi connectivity index (χ2v) is 18.5. The van der Waals surface area contributed by atoms with Crippen LogP contribution in [0, 0.1) is 28.1 Å². The molecular weight excluding hydrogens is 660 g/mol. The van der Waals surface area contributed by atoms with Gasteiger partial charge in [0.15, 0.2) is 0 Å². The van der Waals surface area contributed by atoms with E-state index >= 15 is 0 Å². The molecule has 294 valence electrons. The molecule has 3 aliphatic heterocycles. The number of rotatable bonds is 8. The predicted octanol–water partition coefficient (Wildman–Crippen LogP) is 4.70. The number of Topliss-reactive ketones (excluding diaryl/α,β-unsaturated/α-hetero) is 1. The molecule has 0 radical (unpaired) electrons. The molecule has 0 spiro atoms. The van der Waals surface area contributed by atoms with Gasteiger partial charge in [-0.1, -0.05) is 107 Å². The fourth-order valence-electron chi connectivity index (χ4n) is 8.52. The maximum Gasteiger partial charge on any atom is 0.315 e. The zero-order valence-electron chi connectivity index (χ0n) is 33.3. The minimum Gasteiger partial charge on any atom is -0.349 e. The number of likely N-dealkylation sites (tertiary alicyclic amines) is 1. The fourth-order valence-corrected chi connectivity index (χ4v) is 8.52. The molecule has 0 aromatic heterocycles. The lowest BCUT2D eigenvalue weighted by atomic mass is 9.81. The van der Waals surface area contributed by atoms with E-state index in [0.717, 1.165) is 51.4 Å². The third-order valence-electron chi connectivity index (χ3n) is 12.3. The van der Waals surface area contributed by atoms with Gasteiger partial charge in [-0.15, -0.1) is 0 Å². The zero-order valence-corrected chi connectivity index (χ0v) is 33.3. The quantitative estimate of drug-likeness (QED) is 0.266. The second-order valence-electron chi connectivity index (χ2n) is 18.5. The summed E-state index contributed by atoms with van der Waals surface area (Å²) in [6.45, 7) is 18.2. The van der Waals surface area contributed by atoms with Crippen molar-refractivity contribution in [3.05, 3.63) is 0 Å². The fraction of sp³-hybridized carbons (Fsp3) is 0.850. The number of piperidine rings is 2. The van der Waals surface area contributed by atoms with Gasteiger partial charge in [-0.3, -0.25) is 24.0 Å². The summed E-state index contributed by atoms with van der Waals surface area (Å²) in [5.74, 6) is -1.95. The molecule has 6 amide bonds. The number of urea groups is 1. The molecule has 0 aromatic rings. The summed E-state index contributed by atoms with van der Waals surface area (Å²) >= 11 is 0. The van der Waals surface area contributed by atoms with E-state index in [-0.39, 0.29) is 45.9 Å². The summed E-state index contributed by atoms with van der Waals surface area (Å²) in [4.78, 5) is 85.0. The van der Waals surface area contributed by atoms with Crippen LogP contribution in [0.4, 0.5) is 4.79 Å². The number of carbonyl (C=O) groups is 6. The average Bonchev–Trinajstić information content (AvgIpc) is 3.36. The molecule has 4 aliphatic rings. The van der Waals surface area contributed by atoms with Crippen molar-refractivity contribution in [3.8, 4) is 0 Å². The molecule has 0 bridgehead atoms. The summed E-state index contributed by atoms with van der Waals surface area (Å²) in [7, 11) is 0. The molecule has 3 saturated heterocycles. The van der Waals surface area contributed by atoms with Crippen LogP contribution in [0.5, 0.6) is 0 Å². The van der Waals surface area contributed by atoms with Crippen LogP contribution in [0.25, 0.3) is 0 Å². The molecule has 3 heterocycles. The molecule has 1 saturated carbocycles. The van der Waals surface area contributed by atoms with Crippen molar-refractivity contribution in [1.29, 1.82) is 0 Å². The van der Waals surface area contributed by atoms with Gasteiger partial charge in [-0.05, 0) is 53.8 Å². The van der Waals surface area contributed by atoms with Gasteiger partial charge in [0.05, 0.1) is 12.1 Å². The second kappa shape index (κ2) is 17.3. The van der Waals surface area contributed by atoms with Crippen molar-refractivity contribution in [2.24, 2.45) is 28.1 Å². The molecule has 12 nitrogen and oxygen atoms in total. The van der Waals surface area contributed by atoms with Crippen LogP contribution in [0.2, 0.25) is 0 Å². The normalized spacial score (nSPS) is 29.2. The summed E-state index contributed by atoms with van der Waals surface area (Å²) in [6, 6.07) is -3.44. The van der Waals surface area contributed by atoms with E-state index in [1.165, 1.54) is 0 Å². The monoisotopic (exact) mass is 729 g/mol. The highest BCUT2D eigenvalue weighted by atomic mass is 16.2. The van der Waals surface area contributed by atoms with Crippen LogP contribution in [0.1, 0.15) is 139 Å². The van der Waals surface area contributed by atoms with E-state index < -0.39 is 41.8 Å². The Bertz CT molecular complexity index is 1320. The topological polar surface area (TPSA) is 157 Å². The smallest absolute Gasteiger partial charge is 0.315 e. The Kier molecular flexibility index (Phi) is 13.8. The van der Waals surface area contributed by atoms with Gasteiger partial charge < -0.3 is 31.1 Å². The Morgan fingerprint density at radius 1 is 0.923 bits per heavy atom. The highest BCUT2D eigenvalue weighted by molar-refractivity contribution is 6.38. The van der Waals surface area contributed by atoms with E-state index in [1.807, 2.05) is 32.6 Å². The van der Waals surface area contributed by atoms with Crippen molar-refractivity contribution in [2.75, 3.05) is 26.2 Å². The first-order valence-electron chi connectivity index (χ1n) is 20.1. The number of hydrogen-bond donors (Lipinski definition) is 4. The molecule has 4 N–H and O–H groups in total. The van der Waals surface area contributed by atoms with Crippen LogP contribution in [-0.4, -0.2) is 95.6 Å². The molecular formula is C40H68N6O6. The maximum atomic E-state index is 14.5. The summed E-state index contributed by atoms with van der Waals surface area (Å²) in [5, 5.41) is 11.7. The first-order valence-corrected chi connectivity index (χ1v) is 20.1. The van der Waals surface area contributed by atoms with Crippen LogP contribution in [0.15, 0.2) is 0 Å². The van der Waals surface area contributed by atoms with Gasteiger partial charge in [-0.25, -0.2) is 4.79 Å². The van der Waals surface area contributed by atoms with E-state index in [9.17, 15) is 28.8 Å². The molecule has 0 aromatic carbocycles. The van der Waals surface area contributed by atoms with Crippen LogP contribution < -0.4 is 21.3 Å². The van der Waals surface area contributed by atoms with Crippen molar-refractivity contribution in [3.63, 3.8) is 0 Å². The minimum atomic E-state index is -0.968. The van der Waals surface area contributed by atoms with Crippen LogP contribution in [-0.2, 0) is 24.0 Å². The average molecular weight is 729 g/mol. The van der Waals surface area contributed by atoms with Gasteiger partial charge in [0.1, 0.15) is 12.1 Å². The number of nitrogens with one attached hydrogen (secondary N) is 4. The summed E-state index contributed by atoms with van der Waals surface area (Å²) in [5.41, 5.74) is -0.559. The molecule has 6 atom stereocenters. The summed E-state index contributed by atoms with van der Waals surface area (Å²) < 4.78 is 0. The number of amides is 6. The Balaban J connectivity index is 1.54. The number of hydrogen-bond acceptors (Lipinski definition) is 6. The SMILES string of the molecule is CCCNC(=O)C(=O)[C@@H]1CCCCCCCCCC[C@H](NC(=O)N[C@H](CN2CCC(C)(C)CC2=O)C(C)(C)C)C(=O)N2C[C@H]3[C@@H]([C@H]2C(=O)N1)C3(C)C. The lowest BCUT2D eigenvalue weighted by Crippen LogP contribution is -2.60. The van der Waals surface area contributed by atoms with E-state index in [2.05, 4.69) is 49.0 Å². The zero-order chi connectivity index (χ0) is 38.4. The number of fused-ring (bicyclic) bond motifs is 3. The van der Waals surface area contributed by atoms with Crippen molar-refractivity contribution in [1.82, 2.24) is 31.1 Å². The first kappa shape index (κ1) is 41.6. The van der Waals surface area contributed by atoms with Crippen molar-refractivity contribution in [2.45, 2.75) is 163 Å². The highest BCUT2D eigenvalue weighted by Crippen LogP contribution is 2.65. The Morgan fingerprint density at radius 3 is 2.13 bits per heavy atom. The van der Waals surface area contributed by atoms with E-state index in [1.54, 1.807) is 4.90 Å². The van der Waals surface area contributed by atoms with Crippen molar-refractivity contribution < 1.29 is 28.8 Å². The van der Waals surface area contributed by atoms with Gasteiger partial charge >= 0.3 is 6.03 Å². The van der Waals surface area contributed by atoms with Gasteiger partial charge in [0.25, 0.3) is 5.91 Å². The Hall–Kier alpha value is -3.18. The van der Waals surface area contributed by atoms with Gasteiger partial charge in [-0.2, -0.15) is 0 Å². The van der Waals surface area contributed by atoms with E-state index in [0.29, 0.717) is 58.3 Å². The molecule has 4 fully saturated rings. The molecule has 0 unspecified atom stereocenters.